The molecule has 10 aromatic heterocycles. The van der Waals surface area contributed by atoms with Crippen LogP contribution in [0.15, 0.2) is 165 Å². The van der Waals surface area contributed by atoms with E-state index in [0.717, 1.165) is 112 Å². The van der Waals surface area contributed by atoms with Gasteiger partial charge in [0.05, 0.1) is 24.4 Å². The number of carbonyl (C=O) groups excluding carboxylic acids is 5. The second kappa shape index (κ2) is 43.1. The number of hydrogen-bond donors (Lipinski definition) is 5. The van der Waals surface area contributed by atoms with Crippen LogP contribution in [-0.2, 0) is 82.2 Å². The summed E-state index contributed by atoms with van der Waals surface area (Å²) in [6.07, 6.45) is 0.108. The Labute approximate surface area is 869 Å². The van der Waals surface area contributed by atoms with Crippen LogP contribution in [0, 0.1) is 69.2 Å². The number of fused-ring (bicyclic) bond motifs is 5. The minimum Gasteiger partial charge on any atom is -0.454 e. The zero-order valence-corrected chi connectivity index (χ0v) is 88.5. The third-order valence-corrected chi connectivity index (χ3v) is 36.4. The normalized spacial score (nSPS) is 12.9. The van der Waals surface area contributed by atoms with Gasteiger partial charge in [0, 0.05) is 32.1 Å². The number of halogens is 5. The highest BCUT2D eigenvalue weighted by atomic mass is 35.5. The molecule has 40 nitrogen and oxygen atoms in total. The number of aryl methyl sites for hydroxylation is 10. The number of ether oxygens (including phenoxy) is 10. The molecular formula is C90H75Cl5N10O30S10. The van der Waals surface area contributed by atoms with Crippen LogP contribution in [0.25, 0.3) is 0 Å². The Bertz CT molecular complexity index is 7180. The summed E-state index contributed by atoms with van der Waals surface area (Å²) in [5, 5.41) is 26.1. The maximum absolute atomic E-state index is 12.9. The Balaban J connectivity index is 0.000000130. The van der Waals surface area contributed by atoms with E-state index < -0.39 is 50.1 Å². The number of nitrogens with one attached hydrogen (secondary N) is 5. The smallest absolute Gasteiger partial charge is 0.265 e. The second-order valence-electron chi connectivity index (χ2n) is 31.8. The lowest BCUT2D eigenvalue weighted by molar-refractivity contribution is 0.0985. The van der Waals surface area contributed by atoms with Gasteiger partial charge in [-0.15, -0.1) is 56.7 Å². The van der Waals surface area contributed by atoms with Crippen molar-refractivity contribution >= 4 is 223 Å². The summed E-state index contributed by atoms with van der Waals surface area (Å²) in [4.78, 5) is 64.4. The van der Waals surface area contributed by atoms with E-state index in [2.05, 4.69) is 49.4 Å². The highest BCUT2D eigenvalue weighted by Gasteiger charge is 2.36. The molecule has 55 heteroatoms. The molecule has 0 amide bonds. The number of carbonyl (C=O) groups is 5. The number of hydrogen-bond acceptors (Lipinski definition) is 40. The van der Waals surface area contributed by atoms with Gasteiger partial charge >= 0.3 is 0 Å². The molecule has 0 radical (unpaired) electrons. The molecule has 0 bridgehead atoms. The van der Waals surface area contributed by atoms with Crippen LogP contribution in [0.2, 0.25) is 25.1 Å². The number of sulfonamides is 5. The Morgan fingerprint density at radius 2 is 0.400 bits per heavy atom. The molecule has 15 heterocycles. The summed E-state index contributed by atoms with van der Waals surface area (Å²) in [7, 11) is -20.5. The molecule has 20 rings (SSSR count). The maximum Gasteiger partial charge on any atom is 0.265 e. The molecular weight excluding hydrogens is 2200 g/mol. The van der Waals surface area contributed by atoms with E-state index in [1.165, 1.54) is 30.3 Å². The number of nitrogens with zero attached hydrogens (tertiary/aromatic N) is 5. The topological polar surface area (TPSA) is 539 Å². The zero-order chi connectivity index (χ0) is 104. The molecule has 0 aliphatic carbocycles. The molecule has 0 saturated heterocycles. The number of aromatic nitrogens is 5. The molecule has 145 heavy (non-hydrogen) atoms. The van der Waals surface area contributed by atoms with Gasteiger partial charge < -0.3 is 70.0 Å². The quantitative estimate of drug-likeness (QED) is 0.0261. The van der Waals surface area contributed by atoms with Crippen molar-refractivity contribution < 1.29 is 136 Å². The fraction of sp³-hybridized carbons (Fsp3) is 0.222. The van der Waals surface area contributed by atoms with Gasteiger partial charge in [-0.25, -0.2) is 65.7 Å². The first-order chi connectivity index (χ1) is 68.8. The molecule has 0 atom stereocenters. The summed E-state index contributed by atoms with van der Waals surface area (Å²) < 4.78 is 217. The van der Waals surface area contributed by atoms with Gasteiger partial charge in [-0.05, 0) is 243 Å². The first kappa shape index (κ1) is 105. The van der Waals surface area contributed by atoms with E-state index in [1.807, 2.05) is 34.6 Å². The van der Waals surface area contributed by atoms with Crippen molar-refractivity contribution in [2.24, 2.45) is 0 Å². The largest absolute Gasteiger partial charge is 0.454 e. The summed E-state index contributed by atoms with van der Waals surface area (Å²) >= 11 is 35.2. The molecule has 15 aromatic rings. The number of Topliss-reactive ketones (excluding diaryl/α,β-unsaturated/α-hetero) is 5. The summed E-state index contributed by atoms with van der Waals surface area (Å²) in [6, 6.07) is 24.5. The highest BCUT2D eigenvalue weighted by Crippen LogP contribution is 2.45. The average molecular weight is 2270 g/mol. The van der Waals surface area contributed by atoms with Crippen molar-refractivity contribution in [3.8, 4) is 57.5 Å². The lowest BCUT2D eigenvalue weighted by Gasteiger charge is -2.09. The van der Waals surface area contributed by atoms with Crippen molar-refractivity contribution in [1.29, 1.82) is 0 Å². The molecule has 0 saturated carbocycles. The third-order valence-electron chi connectivity index (χ3n) is 21.9. The van der Waals surface area contributed by atoms with Gasteiger partial charge in [0.2, 0.25) is 34.0 Å². The van der Waals surface area contributed by atoms with E-state index in [9.17, 15) is 66.1 Å². The van der Waals surface area contributed by atoms with E-state index in [1.54, 1.807) is 122 Å². The predicted octanol–water partition coefficient (Wildman–Crippen LogP) is 19.8. The highest BCUT2D eigenvalue weighted by molar-refractivity contribution is 7.94. The molecule has 0 unspecified atom stereocenters. The monoisotopic (exact) mass is 2270 g/mol. The minimum absolute atomic E-state index is 0.0215. The van der Waals surface area contributed by atoms with Crippen LogP contribution in [-0.4, -0.2) is 131 Å². The van der Waals surface area contributed by atoms with Gasteiger partial charge in [-0.2, -0.15) is 0 Å². The number of anilines is 5. The van der Waals surface area contributed by atoms with Crippen LogP contribution < -0.4 is 71.0 Å². The third kappa shape index (κ3) is 23.2. The Morgan fingerprint density at radius 3 is 0.538 bits per heavy atom. The molecule has 5 aromatic carbocycles. The first-order valence-corrected chi connectivity index (χ1v) is 55.7. The average Bonchev–Trinajstić information content (AvgIpc) is 1.08. The van der Waals surface area contributed by atoms with Crippen LogP contribution >= 0.6 is 115 Å². The Kier molecular flexibility index (Phi) is 31.2. The number of benzene rings is 5. The standard InChI is InChI=1S/5C18H15ClN2O6S2/c5*1-9-5-13-14(26-8-25-13)7-11(9)6-12(22)17-15(3-4-28-17)29(23,24)21-18-16(19)10(2)20-27-18/h5*3-5,7,21H,6,8H2,1-2H3. The lowest BCUT2D eigenvalue weighted by atomic mass is 10.0. The van der Waals surface area contributed by atoms with Crippen molar-refractivity contribution in [3.05, 3.63) is 251 Å². The number of ketones is 5. The van der Waals surface area contributed by atoms with Crippen LogP contribution in [0.5, 0.6) is 57.5 Å². The Hall–Kier alpha value is -12.8. The summed E-state index contributed by atoms with van der Waals surface area (Å²) in [6.45, 7) is 17.8. The van der Waals surface area contributed by atoms with Crippen LogP contribution in [0.1, 0.15) is 132 Å². The maximum atomic E-state index is 12.9. The molecule has 5 aliphatic rings. The minimum atomic E-state index is -4.09. The number of thiophene rings is 5. The summed E-state index contributed by atoms with van der Waals surface area (Å²) in [5.41, 5.74) is 9.69. The van der Waals surface area contributed by atoms with Gasteiger partial charge in [-0.3, -0.25) is 24.0 Å². The van der Waals surface area contributed by atoms with Gasteiger partial charge in [0.15, 0.2) is 86.4 Å². The SMILES string of the molecule is Cc1cc2c(cc1CC(=O)c1sccc1S(=O)(=O)Nc1onc(C)c1Cl)OCO2.Cc1cc2c(cc1CC(=O)c1sccc1S(=O)(=O)Nc1onc(C)c1Cl)OCO2.Cc1cc2c(cc1CC(=O)c1sccc1S(=O)(=O)Nc1onc(C)c1Cl)OCO2.Cc1cc2c(cc1CC(=O)c1sccc1S(=O)(=O)Nc1onc(C)c1Cl)OCO2.Cc1cc2c(cc1CC(=O)c1sccc1S(=O)(=O)Nc1onc(C)c1Cl)OCO2. The molecule has 5 N–H and O–H groups in total. The molecule has 5 aliphatic heterocycles. The summed E-state index contributed by atoms with van der Waals surface area (Å²) in [5.74, 6) is 3.33. The van der Waals surface area contributed by atoms with E-state index in [4.69, 9.17) is 128 Å². The van der Waals surface area contributed by atoms with Gasteiger partial charge in [-0.1, -0.05) is 83.8 Å². The molecule has 760 valence electrons. The fourth-order valence-electron chi connectivity index (χ4n) is 14.2. The van der Waals surface area contributed by atoms with Crippen molar-refractivity contribution in [2.75, 3.05) is 57.6 Å². The predicted molar refractivity (Wildman–Crippen MR) is 534 cm³/mol. The van der Waals surface area contributed by atoms with Crippen molar-refractivity contribution in [3.63, 3.8) is 0 Å². The van der Waals surface area contributed by atoms with Crippen molar-refractivity contribution in [2.45, 2.75) is 126 Å². The molecule has 0 fully saturated rings. The second-order valence-corrected chi connectivity index (χ2v) is 46.5. The van der Waals surface area contributed by atoms with Crippen LogP contribution in [0.4, 0.5) is 29.4 Å². The first-order valence-electron chi connectivity index (χ1n) is 42.0. The fourth-order valence-corrected chi connectivity index (χ4v) is 27.0. The van der Waals surface area contributed by atoms with E-state index in [-0.39, 0.29) is 198 Å². The van der Waals surface area contributed by atoms with E-state index in [0.29, 0.717) is 86.0 Å². The van der Waals surface area contributed by atoms with Gasteiger partial charge in [0.1, 0.15) is 78.1 Å². The van der Waals surface area contributed by atoms with Crippen molar-refractivity contribution in [1.82, 2.24) is 25.8 Å². The zero-order valence-electron chi connectivity index (χ0n) is 76.6. The van der Waals surface area contributed by atoms with Gasteiger partial charge in [0.25, 0.3) is 79.5 Å². The van der Waals surface area contributed by atoms with E-state index >= 15 is 0 Å². The van der Waals surface area contributed by atoms with Crippen LogP contribution in [0.3, 0.4) is 0 Å². The Morgan fingerprint density at radius 1 is 0.255 bits per heavy atom. The molecule has 0 spiro atoms. The number of rotatable bonds is 30. The lowest BCUT2D eigenvalue weighted by Crippen LogP contribution is -2.16.